The Morgan fingerprint density at radius 1 is 0.459 bits per heavy atom. The van der Waals surface area contributed by atoms with Crippen molar-refractivity contribution in [2.24, 2.45) is 5.92 Å². The van der Waals surface area contributed by atoms with Crippen LogP contribution >= 0.6 is 0 Å². The first kappa shape index (κ1) is 35.9. The topological polar surface area (TPSA) is 52.6 Å². The molecule has 0 aliphatic carbocycles. The normalized spacial score (nSPS) is 12.0. The molecule has 0 fully saturated rings. The van der Waals surface area contributed by atoms with Gasteiger partial charge in [0.15, 0.2) is 0 Å². The average molecular weight is 525 g/mol. The van der Waals surface area contributed by atoms with Crippen LogP contribution < -0.4 is 0 Å². The van der Waals surface area contributed by atoms with E-state index in [9.17, 15) is 9.59 Å². The molecule has 0 aliphatic heterocycles. The number of rotatable bonds is 29. The van der Waals surface area contributed by atoms with E-state index in [0.29, 0.717) is 32.0 Å². The van der Waals surface area contributed by atoms with E-state index >= 15 is 0 Å². The van der Waals surface area contributed by atoms with Crippen molar-refractivity contribution < 1.29 is 19.1 Å². The van der Waals surface area contributed by atoms with E-state index in [2.05, 4.69) is 20.8 Å². The van der Waals surface area contributed by atoms with Crippen LogP contribution in [0, 0.1) is 5.92 Å². The molecule has 0 radical (unpaired) electrons. The summed E-state index contributed by atoms with van der Waals surface area (Å²) in [4.78, 5) is 23.7. The predicted molar refractivity (Wildman–Crippen MR) is 158 cm³/mol. The number of hydrogen-bond donors (Lipinski definition) is 0. The molecule has 1 unspecified atom stereocenters. The van der Waals surface area contributed by atoms with Crippen LogP contribution in [0.15, 0.2) is 0 Å². The van der Waals surface area contributed by atoms with E-state index in [1.54, 1.807) is 0 Å². The monoisotopic (exact) mass is 524 g/mol. The Morgan fingerprint density at radius 2 is 0.838 bits per heavy atom. The van der Waals surface area contributed by atoms with Crippen molar-refractivity contribution in [2.45, 2.75) is 181 Å². The fourth-order valence-electron chi connectivity index (χ4n) is 4.79. The largest absolute Gasteiger partial charge is 0.466 e. The summed E-state index contributed by atoms with van der Waals surface area (Å²) in [5.74, 6) is 0.595. The van der Waals surface area contributed by atoms with Gasteiger partial charge < -0.3 is 9.47 Å². The first-order chi connectivity index (χ1) is 18.1. The van der Waals surface area contributed by atoms with Crippen molar-refractivity contribution in [3.8, 4) is 0 Å². The quantitative estimate of drug-likeness (QED) is 0.0721. The van der Waals surface area contributed by atoms with Crippen LogP contribution in [0.25, 0.3) is 0 Å². The summed E-state index contributed by atoms with van der Waals surface area (Å²) in [6, 6.07) is 0. The molecule has 0 amide bonds. The summed E-state index contributed by atoms with van der Waals surface area (Å²) >= 11 is 0. The molecule has 0 aromatic carbocycles. The zero-order chi connectivity index (χ0) is 27.2. The maximum atomic E-state index is 11.9. The molecular formula is C33H64O4. The average Bonchev–Trinajstić information content (AvgIpc) is 2.89. The van der Waals surface area contributed by atoms with Crippen LogP contribution in [0.3, 0.4) is 0 Å². The van der Waals surface area contributed by atoms with Gasteiger partial charge in [-0.1, -0.05) is 143 Å². The summed E-state index contributed by atoms with van der Waals surface area (Å²) < 4.78 is 10.7. The highest BCUT2D eigenvalue weighted by Gasteiger charge is 2.08. The van der Waals surface area contributed by atoms with Gasteiger partial charge in [0, 0.05) is 12.8 Å². The Morgan fingerprint density at radius 3 is 1.32 bits per heavy atom. The molecule has 0 heterocycles. The smallest absolute Gasteiger partial charge is 0.305 e. The van der Waals surface area contributed by atoms with Gasteiger partial charge in [-0.15, -0.1) is 0 Å². The van der Waals surface area contributed by atoms with Gasteiger partial charge in [-0.2, -0.15) is 0 Å². The van der Waals surface area contributed by atoms with Gasteiger partial charge in [-0.05, 0) is 31.6 Å². The summed E-state index contributed by atoms with van der Waals surface area (Å²) in [6.07, 6.45) is 29.2. The van der Waals surface area contributed by atoms with Crippen LogP contribution in [0.4, 0.5) is 0 Å². The van der Waals surface area contributed by atoms with Crippen molar-refractivity contribution in [1.29, 1.82) is 0 Å². The van der Waals surface area contributed by atoms with Crippen LogP contribution in [0.2, 0.25) is 0 Å². The molecule has 0 aliphatic rings. The lowest BCUT2D eigenvalue weighted by molar-refractivity contribution is -0.144. The molecular weight excluding hydrogens is 460 g/mol. The van der Waals surface area contributed by atoms with E-state index in [-0.39, 0.29) is 11.9 Å². The molecule has 0 saturated carbocycles. The lowest BCUT2D eigenvalue weighted by atomic mass is 9.97. The lowest BCUT2D eigenvalue weighted by Crippen LogP contribution is -2.08. The number of esters is 2. The number of hydrogen-bond acceptors (Lipinski definition) is 4. The zero-order valence-electron chi connectivity index (χ0n) is 25.3. The third-order valence-corrected chi connectivity index (χ3v) is 7.44. The van der Waals surface area contributed by atoms with E-state index in [1.165, 1.54) is 116 Å². The number of unbranched alkanes of at least 4 members (excludes halogenated alkanes) is 18. The second kappa shape index (κ2) is 29.5. The van der Waals surface area contributed by atoms with Crippen molar-refractivity contribution in [3.05, 3.63) is 0 Å². The van der Waals surface area contributed by atoms with Crippen molar-refractivity contribution in [3.63, 3.8) is 0 Å². The highest BCUT2D eigenvalue weighted by Crippen LogP contribution is 2.17. The number of carbonyl (C=O) groups excluding carboxylic acids is 2. The maximum absolute atomic E-state index is 11.9. The molecule has 0 bridgehead atoms. The summed E-state index contributed by atoms with van der Waals surface area (Å²) in [5, 5.41) is 0. The predicted octanol–water partition coefficient (Wildman–Crippen LogP) is 10.5. The highest BCUT2D eigenvalue weighted by molar-refractivity contribution is 5.69. The fourth-order valence-corrected chi connectivity index (χ4v) is 4.79. The third kappa shape index (κ3) is 29.4. The third-order valence-electron chi connectivity index (χ3n) is 7.44. The summed E-state index contributed by atoms with van der Waals surface area (Å²) in [6.45, 7) is 7.94. The molecule has 4 nitrogen and oxygen atoms in total. The molecule has 4 heteroatoms. The first-order valence-electron chi connectivity index (χ1n) is 16.4. The Labute approximate surface area is 231 Å². The van der Waals surface area contributed by atoms with Crippen LogP contribution in [0.5, 0.6) is 0 Å². The molecule has 0 spiro atoms. The Kier molecular flexibility index (Phi) is 28.7. The Balaban J connectivity index is 3.32. The van der Waals surface area contributed by atoms with Gasteiger partial charge >= 0.3 is 11.9 Å². The van der Waals surface area contributed by atoms with Gasteiger partial charge in [0.05, 0.1) is 13.2 Å². The highest BCUT2D eigenvalue weighted by atomic mass is 16.5. The van der Waals surface area contributed by atoms with E-state index < -0.39 is 0 Å². The minimum Gasteiger partial charge on any atom is -0.466 e. The van der Waals surface area contributed by atoms with Gasteiger partial charge in [-0.3, -0.25) is 9.59 Å². The first-order valence-corrected chi connectivity index (χ1v) is 16.4. The van der Waals surface area contributed by atoms with Gasteiger partial charge in [0.2, 0.25) is 0 Å². The molecule has 1 atom stereocenters. The number of carbonyl (C=O) groups is 2. The molecule has 37 heavy (non-hydrogen) atoms. The fraction of sp³-hybridized carbons (Fsp3) is 0.939. The van der Waals surface area contributed by atoms with Gasteiger partial charge in [-0.25, -0.2) is 0 Å². The van der Waals surface area contributed by atoms with Gasteiger partial charge in [0.1, 0.15) is 0 Å². The molecule has 0 aromatic heterocycles. The van der Waals surface area contributed by atoms with Crippen LogP contribution in [-0.2, 0) is 19.1 Å². The van der Waals surface area contributed by atoms with Gasteiger partial charge in [0.25, 0.3) is 0 Å². The minimum absolute atomic E-state index is 0.00663. The van der Waals surface area contributed by atoms with Crippen molar-refractivity contribution in [2.75, 3.05) is 13.2 Å². The van der Waals surface area contributed by atoms with Crippen LogP contribution in [-0.4, -0.2) is 25.2 Å². The molecule has 0 aromatic rings. The lowest BCUT2D eigenvalue weighted by Gasteiger charge is -2.11. The van der Waals surface area contributed by atoms with Crippen molar-refractivity contribution in [1.82, 2.24) is 0 Å². The van der Waals surface area contributed by atoms with E-state index in [1.807, 2.05) is 0 Å². The minimum atomic E-state index is -0.00883. The number of ether oxygens (including phenoxy) is 2. The zero-order valence-corrected chi connectivity index (χ0v) is 25.3. The van der Waals surface area contributed by atoms with E-state index in [4.69, 9.17) is 9.47 Å². The van der Waals surface area contributed by atoms with E-state index in [0.717, 1.165) is 32.1 Å². The maximum Gasteiger partial charge on any atom is 0.305 e. The van der Waals surface area contributed by atoms with Crippen molar-refractivity contribution >= 4 is 11.9 Å². The molecule has 0 saturated heterocycles. The second-order valence-electron chi connectivity index (χ2n) is 11.3. The molecule has 0 N–H and O–H groups in total. The SMILES string of the molecule is CCCCCCCCOC(=O)CCCCCCCCCCCC(C)CCC(=O)OCCCCCCCC. The molecule has 220 valence electrons. The Hall–Kier alpha value is -1.06. The summed E-state index contributed by atoms with van der Waals surface area (Å²) in [7, 11) is 0. The second-order valence-corrected chi connectivity index (χ2v) is 11.3. The summed E-state index contributed by atoms with van der Waals surface area (Å²) in [5.41, 5.74) is 0. The molecule has 0 rings (SSSR count). The Bertz CT molecular complexity index is 491. The standard InChI is InChI=1S/C33H64O4/c1-4-6-8-10-19-23-29-36-32(34)26-22-18-16-14-12-13-15-17-21-25-31(3)27-28-33(35)37-30-24-20-11-9-7-5-2/h31H,4-30H2,1-3H3. The van der Waals surface area contributed by atoms with Crippen LogP contribution in [0.1, 0.15) is 181 Å².